The van der Waals surface area contributed by atoms with E-state index in [0.29, 0.717) is 6.07 Å². The molecule has 3 nitrogen and oxygen atoms in total. The summed E-state index contributed by atoms with van der Waals surface area (Å²) in [5.74, 6) is -1.11. The lowest BCUT2D eigenvalue weighted by atomic mass is 10.3. The number of methoxy groups -OCH3 is 1. The molecule has 0 fully saturated rings. The fourth-order valence-corrected chi connectivity index (χ4v) is 0.902. The average Bonchev–Trinajstić information content (AvgIpc) is 2.14. The molecule has 8 heteroatoms. The van der Waals surface area contributed by atoms with Gasteiger partial charge in [0, 0.05) is 12.1 Å². The normalized spacial score (nSPS) is 11.7. The largest absolute Gasteiger partial charge is 0.481 e. The summed E-state index contributed by atoms with van der Waals surface area (Å²) in [6.45, 7) is -3.21. The van der Waals surface area contributed by atoms with Crippen LogP contribution in [0, 0.1) is 0 Å². The summed E-state index contributed by atoms with van der Waals surface area (Å²) in [6, 6.07) is 1.20. The van der Waals surface area contributed by atoms with Crippen LogP contribution in [-0.2, 0) is 6.18 Å². The van der Waals surface area contributed by atoms with Crippen LogP contribution in [0.5, 0.6) is 11.6 Å². The van der Waals surface area contributed by atoms with Gasteiger partial charge in [-0.15, -0.1) is 0 Å². The molecule has 1 aromatic rings. The van der Waals surface area contributed by atoms with Gasteiger partial charge in [-0.1, -0.05) is 0 Å². The van der Waals surface area contributed by atoms with Crippen molar-refractivity contribution in [1.82, 2.24) is 4.98 Å². The Morgan fingerprint density at radius 2 is 1.88 bits per heavy atom. The third-order valence-electron chi connectivity index (χ3n) is 1.50. The average molecular weight is 243 g/mol. The van der Waals surface area contributed by atoms with Gasteiger partial charge < -0.3 is 9.47 Å². The molecule has 0 saturated carbocycles. The van der Waals surface area contributed by atoms with Crippen LogP contribution in [0.15, 0.2) is 12.1 Å². The molecule has 16 heavy (non-hydrogen) atoms. The summed E-state index contributed by atoms with van der Waals surface area (Å²) >= 11 is 0. The Hall–Kier alpha value is -1.60. The van der Waals surface area contributed by atoms with E-state index >= 15 is 0 Å². The van der Waals surface area contributed by atoms with Gasteiger partial charge >= 0.3 is 12.8 Å². The quantitative estimate of drug-likeness (QED) is 0.765. The molecular weight excluding hydrogens is 237 g/mol. The number of aromatic nitrogens is 1. The lowest BCUT2D eigenvalue weighted by Gasteiger charge is -2.10. The van der Waals surface area contributed by atoms with E-state index in [1.807, 2.05) is 0 Å². The Labute approximate surface area is 86.8 Å². The van der Waals surface area contributed by atoms with Crippen LogP contribution >= 0.6 is 0 Å². The Morgan fingerprint density at radius 3 is 2.31 bits per heavy atom. The molecule has 0 amide bonds. The molecule has 0 aliphatic carbocycles. The number of hydrogen-bond acceptors (Lipinski definition) is 3. The van der Waals surface area contributed by atoms with Gasteiger partial charge in [0.15, 0.2) is 5.69 Å². The minimum atomic E-state index is -4.76. The first-order chi connectivity index (χ1) is 7.32. The van der Waals surface area contributed by atoms with E-state index in [9.17, 15) is 22.0 Å². The van der Waals surface area contributed by atoms with Crippen molar-refractivity contribution in [3.8, 4) is 11.6 Å². The summed E-state index contributed by atoms with van der Waals surface area (Å²) in [5, 5.41) is 0. The molecule has 0 radical (unpaired) electrons. The summed E-state index contributed by atoms with van der Waals surface area (Å²) < 4.78 is 68.7. The van der Waals surface area contributed by atoms with Crippen LogP contribution in [0.2, 0.25) is 0 Å². The highest BCUT2D eigenvalue weighted by molar-refractivity contribution is 5.31. The van der Waals surface area contributed by atoms with Gasteiger partial charge in [-0.05, 0) is 0 Å². The van der Waals surface area contributed by atoms with E-state index in [2.05, 4.69) is 14.5 Å². The topological polar surface area (TPSA) is 31.4 Å². The van der Waals surface area contributed by atoms with Crippen molar-refractivity contribution >= 4 is 0 Å². The fraction of sp³-hybridized carbons (Fsp3) is 0.375. The number of nitrogens with zero attached hydrogens (tertiary/aromatic N) is 1. The fourth-order valence-electron chi connectivity index (χ4n) is 0.902. The van der Waals surface area contributed by atoms with Gasteiger partial charge in [-0.3, -0.25) is 0 Å². The molecular formula is C8H6F5NO2. The summed E-state index contributed by atoms with van der Waals surface area (Å²) in [4.78, 5) is 3.06. The maximum absolute atomic E-state index is 12.3. The molecule has 0 unspecified atom stereocenters. The SMILES string of the molecule is COc1cc(OC(F)F)cc(C(F)(F)F)n1. The summed E-state index contributed by atoms with van der Waals surface area (Å²) in [7, 11) is 1.06. The lowest BCUT2D eigenvalue weighted by Crippen LogP contribution is -2.10. The van der Waals surface area contributed by atoms with Crippen LogP contribution in [0.3, 0.4) is 0 Å². The minimum absolute atomic E-state index is 0.370. The zero-order valence-corrected chi connectivity index (χ0v) is 7.89. The molecule has 0 aliphatic rings. The first-order valence-corrected chi connectivity index (χ1v) is 3.91. The predicted octanol–water partition coefficient (Wildman–Crippen LogP) is 2.71. The monoisotopic (exact) mass is 243 g/mol. The van der Waals surface area contributed by atoms with Gasteiger partial charge in [0.1, 0.15) is 5.75 Å². The van der Waals surface area contributed by atoms with Gasteiger partial charge in [-0.2, -0.15) is 22.0 Å². The molecule has 0 N–H and O–H groups in total. The van der Waals surface area contributed by atoms with Gasteiger partial charge in [0.05, 0.1) is 7.11 Å². The molecule has 1 aromatic heterocycles. The number of halogens is 5. The zero-order valence-electron chi connectivity index (χ0n) is 7.89. The zero-order chi connectivity index (χ0) is 12.3. The number of ether oxygens (including phenoxy) is 2. The maximum atomic E-state index is 12.3. The number of rotatable bonds is 3. The van der Waals surface area contributed by atoms with Crippen LogP contribution < -0.4 is 9.47 Å². The Balaban J connectivity index is 3.11. The standard InChI is InChI=1S/C8H6F5NO2/c1-15-6-3-4(16-7(9)10)2-5(14-6)8(11,12)13/h2-3,7H,1H3. The van der Waals surface area contributed by atoms with E-state index in [1.54, 1.807) is 0 Å². The molecule has 0 bridgehead atoms. The Morgan fingerprint density at radius 1 is 1.25 bits per heavy atom. The van der Waals surface area contributed by atoms with Crippen molar-refractivity contribution in [2.24, 2.45) is 0 Å². The van der Waals surface area contributed by atoms with Crippen molar-refractivity contribution in [2.75, 3.05) is 7.11 Å². The molecule has 1 rings (SSSR count). The smallest absolute Gasteiger partial charge is 0.433 e. The molecule has 1 heterocycles. The number of pyridine rings is 1. The van der Waals surface area contributed by atoms with Crippen LogP contribution in [0.4, 0.5) is 22.0 Å². The number of alkyl halides is 5. The van der Waals surface area contributed by atoms with Crippen molar-refractivity contribution < 1.29 is 31.4 Å². The molecule has 0 aliphatic heterocycles. The van der Waals surface area contributed by atoms with Gasteiger partial charge in [0.2, 0.25) is 5.88 Å². The first-order valence-electron chi connectivity index (χ1n) is 3.91. The van der Waals surface area contributed by atoms with E-state index < -0.39 is 30.1 Å². The second-order valence-electron chi connectivity index (χ2n) is 2.61. The highest BCUT2D eigenvalue weighted by Gasteiger charge is 2.34. The van der Waals surface area contributed by atoms with Crippen molar-refractivity contribution in [3.63, 3.8) is 0 Å². The van der Waals surface area contributed by atoms with Crippen LogP contribution in [-0.4, -0.2) is 18.7 Å². The Kier molecular flexibility index (Phi) is 3.51. The number of hydrogen-bond donors (Lipinski definition) is 0. The molecule has 90 valence electrons. The summed E-state index contributed by atoms with van der Waals surface area (Å²) in [6.07, 6.45) is -4.76. The predicted molar refractivity (Wildman–Crippen MR) is 42.4 cm³/mol. The van der Waals surface area contributed by atoms with E-state index in [-0.39, 0.29) is 0 Å². The van der Waals surface area contributed by atoms with Gasteiger partial charge in [-0.25, -0.2) is 4.98 Å². The highest BCUT2D eigenvalue weighted by Crippen LogP contribution is 2.32. The second-order valence-corrected chi connectivity index (χ2v) is 2.61. The van der Waals surface area contributed by atoms with Crippen LogP contribution in [0.1, 0.15) is 5.69 Å². The van der Waals surface area contributed by atoms with Crippen molar-refractivity contribution in [2.45, 2.75) is 12.8 Å². The minimum Gasteiger partial charge on any atom is -0.481 e. The lowest BCUT2D eigenvalue weighted by molar-refractivity contribution is -0.141. The molecule has 0 saturated heterocycles. The second kappa shape index (κ2) is 4.50. The van der Waals surface area contributed by atoms with E-state index in [4.69, 9.17) is 0 Å². The molecule has 0 aromatic carbocycles. The van der Waals surface area contributed by atoms with E-state index in [1.165, 1.54) is 0 Å². The van der Waals surface area contributed by atoms with Crippen molar-refractivity contribution in [3.05, 3.63) is 17.8 Å². The summed E-state index contributed by atoms with van der Waals surface area (Å²) in [5.41, 5.74) is -1.36. The molecule has 0 spiro atoms. The molecule has 0 atom stereocenters. The highest BCUT2D eigenvalue weighted by atomic mass is 19.4. The third-order valence-corrected chi connectivity index (χ3v) is 1.50. The third kappa shape index (κ3) is 3.21. The van der Waals surface area contributed by atoms with Crippen LogP contribution in [0.25, 0.3) is 0 Å². The Bertz CT molecular complexity index is 366. The maximum Gasteiger partial charge on any atom is 0.433 e. The van der Waals surface area contributed by atoms with E-state index in [0.717, 1.165) is 13.2 Å². The first kappa shape index (κ1) is 12.5. The van der Waals surface area contributed by atoms with Crippen molar-refractivity contribution in [1.29, 1.82) is 0 Å². The van der Waals surface area contributed by atoms with Gasteiger partial charge in [0.25, 0.3) is 0 Å².